The summed E-state index contributed by atoms with van der Waals surface area (Å²) in [7, 11) is -3.83. The van der Waals surface area contributed by atoms with Gasteiger partial charge in [-0.15, -0.1) is 0 Å². The first-order chi connectivity index (χ1) is 11.9. The van der Waals surface area contributed by atoms with Crippen LogP contribution in [-0.4, -0.2) is 36.6 Å². The second-order valence-corrected chi connectivity index (χ2v) is 8.71. The lowest BCUT2D eigenvalue weighted by atomic mass is 10.1. The van der Waals surface area contributed by atoms with Gasteiger partial charge in [0.1, 0.15) is 6.17 Å². The maximum Gasteiger partial charge on any atom is 0.255 e. The molecule has 0 radical (unpaired) electrons. The van der Waals surface area contributed by atoms with Gasteiger partial charge >= 0.3 is 0 Å². The van der Waals surface area contributed by atoms with E-state index in [4.69, 9.17) is 23.2 Å². The van der Waals surface area contributed by atoms with Crippen LogP contribution in [0.2, 0.25) is 10.0 Å². The molecular formula is C17H14Cl2N2O3S. The number of fused-ring (bicyclic) bond motifs is 3. The quantitative estimate of drug-likeness (QED) is 0.779. The molecule has 8 heteroatoms. The first-order valence-corrected chi connectivity index (χ1v) is 9.97. The van der Waals surface area contributed by atoms with Gasteiger partial charge in [0.2, 0.25) is 10.0 Å². The van der Waals surface area contributed by atoms with Crippen molar-refractivity contribution in [2.75, 3.05) is 13.1 Å². The van der Waals surface area contributed by atoms with E-state index in [1.54, 1.807) is 23.1 Å². The summed E-state index contributed by atoms with van der Waals surface area (Å²) in [6.45, 7) is 0.872. The van der Waals surface area contributed by atoms with Crippen LogP contribution in [0.3, 0.4) is 0 Å². The zero-order chi connectivity index (χ0) is 17.8. The van der Waals surface area contributed by atoms with E-state index < -0.39 is 16.2 Å². The molecule has 130 valence electrons. The number of hydrogen-bond acceptors (Lipinski definition) is 3. The Morgan fingerprint density at radius 3 is 2.52 bits per heavy atom. The van der Waals surface area contributed by atoms with E-state index in [1.807, 2.05) is 6.07 Å². The number of carbonyl (C=O) groups is 1. The molecule has 0 aromatic heterocycles. The highest BCUT2D eigenvalue weighted by Gasteiger charge is 2.46. The molecule has 4 rings (SSSR count). The third-order valence-electron chi connectivity index (χ3n) is 4.57. The van der Waals surface area contributed by atoms with Crippen molar-refractivity contribution in [3.63, 3.8) is 0 Å². The van der Waals surface area contributed by atoms with E-state index in [1.165, 1.54) is 22.5 Å². The fourth-order valence-corrected chi connectivity index (χ4v) is 5.43. The van der Waals surface area contributed by atoms with Gasteiger partial charge < -0.3 is 4.90 Å². The average Bonchev–Trinajstić information content (AvgIpc) is 2.90. The lowest BCUT2D eigenvalue weighted by Crippen LogP contribution is -2.48. The largest absolute Gasteiger partial charge is 0.318 e. The Labute approximate surface area is 155 Å². The third-order valence-corrected chi connectivity index (χ3v) is 7.16. The van der Waals surface area contributed by atoms with Crippen molar-refractivity contribution >= 4 is 39.1 Å². The standard InChI is InChI=1S/C17H14Cl2N2O3S/c18-14-7-6-11(10-15(14)19)25(23,24)21-9-3-8-20-16(21)12-4-1-2-5-13(12)17(20)22/h1-2,4-7,10,16H,3,8-9H2. The Morgan fingerprint density at radius 2 is 1.76 bits per heavy atom. The number of rotatable bonds is 2. The number of amides is 1. The fourth-order valence-electron chi connectivity index (χ4n) is 3.43. The van der Waals surface area contributed by atoms with Gasteiger partial charge in [-0.2, -0.15) is 4.31 Å². The molecule has 0 spiro atoms. The maximum atomic E-state index is 13.2. The highest BCUT2D eigenvalue weighted by molar-refractivity contribution is 7.89. The van der Waals surface area contributed by atoms with Crippen LogP contribution in [0, 0.1) is 0 Å². The van der Waals surface area contributed by atoms with Gasteiger partial charge in [-0.3, -0.25) is 4.79 Å². The lowest BCUT2D eigenvalue weighted by molar-refractivity contribution is 0.0470. The summed E-state index contributed by atoms with van der Waals surface area (Å²) in [4.78, 5) is 14.3. The molecule has 5 nitrogen and oxygen atoms in total. The summed E-state index contributed by atoms with van der Waals surface area (Å²) in [6, 6.07) is 11.4. The van der Waals surface area contributed by atoms with Crippen LogP contribution in [0.15, 0.2) is 47.4 Å². The van der Waals surface area contributed by atoms with Crippen molar-refractivity contribution in [3.05, 3.63) is 63.6 Å². The normalized spacial score (nSPS) is 20.5. The van der Waals surface area contributed by atoms with Crippen molar-refractivity contribution in [1.29, 1.82) is 0 Å². The van der Waals surface area contributed by atoms with Gasteiger partial charge in [-0.1, -0.05) is 41.4 Å². The van der Waals surface area contributed by atoms with Gasteiger partial charge in [0.15, 0.2) is 0 Å². The van der Waals surface area contributed by atoms with Gasteiger partial charge in [0.05, 0.1) is 14.9 Å². The molecule has 0 bridgehead atoms. The van der Waals surface area contributed by atoms with Crippen LogP contribution in [0.1, 0.15) is 28.5 Å². The van der Waals surface area contributed by atoms with Crippen LogP contribution >= 0.6 is 23.2 Å². The molecule has 1 fully saturated rings. The van der Waals surface area contributed by atoms with Crippen LogP contribution in [0.25, 0.3) is 0 Å². The summed E-state index contributed by atoms with van der Waals surface area (Å²) in [5.41, 5.74) is 1.28. The van der Waals surface area contributed by atoms with Crippen molar-refractivity contribution in [3.8, 4) is 0 Å². The Hall–Kier alpha value is -1.60. The van der Waals surface area contributed by atoms with Crippen LogP contribution < -0.4 is 0 Å². The SMILES string of the molecule is O=C1c2ccccc2C2N1CCCN2S(=O)(=O)c1ccc(Cl)c(Cl)c1. The monoisotopic (exact) mass is 396 g/mol. The number of benzene rings is 2. The van der Waals surface area contributed by atoms with Gasteiger partial charge in [0.25, 0.3) is 5.91 Å². The third kappa shape index (κ3) is 2.56. The molecule has 1 atom stereocenters. The van der Waals surface area contributed by atoms with E-state index in [9.17, 15) is 13.2 Å². The Kier molecular flexibility index (Phi) is 4.03. The van der Waals surface area contributed by atoms with Crippen molar-refractivity contribution < 1.29 is 13.2 Å². The number of carbonyl (C=O) groups excluding carboxylic acids is 1. The predicted octanol–water partition coefficient (Wildman–Crippen LogP) is 3.54. The molecule has 2 heterocycles. The van der Waals surface area contributed by atoms with Crippen molar-refractivity contribution in [2.24, 2.45) is 0 Å². The van der Waals surface area contributed by atoms with Crippen LogP contribution in [0.5, 0.6) is 0 Å². The Bertz CT molecular complexity index is 978. The summed E-state index contributed by atoms with van der Waals surface area (Å²) in [5, 5.41) is 0.474. The van der Waals surface area contributed by atoms with Gasteiger partial charge in [0, 0.05) is 24.2 Å². The molecule has 1 saturated heterocycles. The minimum atomic E-state index is -3.83. The van der Waals surface area contributed by atoms with E-state index in [0.29, 0.717) is 30.1 Å². The highest BCUT2D eigenvalue weighted by Crippen LogP contribution is 2.41. The highest BCUT2D eigenvalue weighted by atomic mass is 35.5. The first kappa shape index (κ1) is 16.8. The van der Waals surface area contributed by atoms with Gasteiger partial charge in [-0.05, 0) is 30.7 Å². The van der Waals surface area contributed by atoms with E-state index in [-0.39, 0.29) is 15.8 Å². The number of hydrogen-bond donors (Lipinski definition) is 0. The van der Waals surface area contributed by atoms with Crippen molar-refractivity contribution in [2.45, 2.75) is 17.5 Å². The second kappa shape index (κ2) is 5.99. The summed E-state index contributed by atoms with van der Waals surface area (Å²) in [5.74, 6) is -0.130. The second-order valence-electron chi connectivity index (χ2n) is 6.00. The predicted molar refractivity (Wildman–Crippen MR) is 95.2 cm³/mol. The van der Waals surface area contributed by atoms with Gasteiger partial charge in [-0.25, -0.2) is 8.42 Å². The van der Waals surface area contributed by atoms with Crippen LogP contribution in [0.4, 0.5) is 0 Å². The summed E-state index contributed by atoms with van der Waals surface area (Å²) in [6.07, 6.45) is -0.0338. The molecular weight excluding hydrogens is 383 g/mol. The molecule has 1 unspecified atom stereocenters. The minimum absolute atomic E-state index is 0.0700. The molecule has 0 N–H and O–H groups in total. The Balaban J connectivity index is 1.82. The topological polar surface area (TPSA) is 57.7 Å². The fraction of sp³-hybridized carbons (Fsp3) is 0.235. The molecule has 2 aromatic carbocycles. The zero-order valence-corrected chi connectivity index (χ0v) is 15.4. The maximum absolute atomic E-state index is 13.2. The number of sulfonamides is 1. The zero-order valence-electron chi connectivity index (χ0n) is 13.0. The van der Waals surface area contributed by atoms with Crippen LogP contribution in [-0.2, 0) is 10.0 Å². The number of halogens is 2. The van der Waals surface area contributed by atoms with E-state index in [0.717, 1.165) is 5.56 Å². The molecule has 0 saturated carbocycles. The summed E-state index contributed by atoms with van der Waals surface area (Å²) < 4.78 is 27.8. The average molecular weight is 397 g/mol. The lowest BCUT2D eigenvalue weighted by Gasteiger charge is -2.39. The smallest absolute Gasteiger partial charge is 0.255 e. The van der Waals surface area contributed by atoms with E-state index in [2.05, 4.69) is 0 Å². The Morgan fingerprint density at radius 1 is 1.00 bits per heavy atom. The molecule has 25 heavy (non-hydrogen) atoms. The molecule has 2 aliphatic heterocycles. The molecule has 2 aromatic rings. The molecule has 2 aliphatic rings. The van der Waals surface area contributed by atoms with E-state index >= 15 is 0 Å². The number of nitrogens with zero attached hydrogens (tertiary/aromatic N) is 2. The molecule has 0 aliphatic carbocycles. The summed E-state index contributed by atoms with van der Waals surface area (Å²) >= 11 is 11.9. The van der Waals surface area contributed by atoms with Crippen molar-refractivity contribution in [1.82, 2.24) is 9.21 Å². The minimum Gasteiger partial charge on any atom is -0.318 e. The molecule has 1 amide bonds. The first-order valence-electron chi connectivity index (χ1n) is 7.78.